The summed E-state index contributed by atoms with van der Waals surface area (Å²) in [5.74, 6) is -1.47. The van der Waals surface area contributed by atoms with Crippen LogP contribution in [0, 0.1) is 9.52 Å². The summed E-state index contributed by atoms with van der Waals surface area (Å²) in [6.07, 6.45) is 1.17. The summed E-state index contributed by atoms with van der Waals surface area (Å²) in [4.78, 5) is 13.9. The second-order valence-electron chi connectivity index (χ2n) is 2.19. The van der Waals surface area contributed by atoms with Crippen molar-refractivity contribution in [3.05, 3.63) is 27.3 Å². The molecule has 3 nitrogen and oxygen atoms in total. The quantitative estimate of drug-likeness (QED) is 0.659. The van der Waals surface area contributed by atoms with Crippen LogP contribution in [0.5, 0.6) is 0 Å². The molecule has 0 spiro atoms. The van der Waals surface area contributed by atoms with E-state index in [1.807, 2.05) is 0 Å². The van der Waals surface area contributed by atoms with Gasteiger partial charge in [-0.15, -0.1) is 0 Å². The number of hydrogen-bond acceptors (Lipinski definition) is 2. The second kappa shape index (κ2) is 3.79. The first kappa shape index (κ1) is 9.37. The van der Waals surface area contributed by atoms with Gasteiger partial charge in [-0.25, -0.2) is 9.37 Å². The highest BCUT2D eigenvalue weighted by molar-refractivity contribution is 14.1. The smallest absolute Gasteiger partial charge is 0.307 e. The third-order valence-electron chi connectivity index (χ3n) is 1.21. The molecule has 0 aliphatic heterocycles. The van der Waals surface area contributed by atoms with Gasteiger partial charge in [0.15, 0.2) is 5.82 Å². The van der Waals surface area contributed by atoms with Crippen LogP contribution in [0.1, 0.15) is 5.56 Å². The zero-order chi connectivity index (χ0) is 9.14. The summed E-state index contributed by atoms with van der Waals surface area (Å²) in [7, 11) is 0. The van der Waals surface area contributed by atoms with Gasteiger partial charge in [-0.1, -0.05) is 0 Å². The van der Waals surface area contributed by atoms with Crippen LogP contribution in [0.15, 0.2) is 12.3 Å². The highest BCUT2D eigenvalue weighted by atomic mass is 127. The molecule has 1 aromatic heterocycles. The molecule has 1 N–H and O–H groups in total. The lowest BCUT2D eigenvalue weighted by molar-refractivity contribution is -0.136. The summed E-state index contributed by atoms with van der Waals surface area (Å²) in [6.45, 7) is 0. The van der Waals surface area contributed by atoms with Crippen molar-refractivity contribution in [3.63, 3.8) is 0 Å². The maximum absolute atomic E-state index is 12.8. The van der Waals surface area contributed by atoms with Crippen molar-refractivity contribution in [2.24, 2.45) is 0 Å². The van der Waals surface area contributed by atoms with Gasteiger partial charge in [0.25, 0.3) is 0 Å². The maximum Gasteiger partial charge on any atom is 0.307 e. The van der Waals surface area contributed by atoms with E-state index in [1.54, 1.807) is 22.6 Å². The third kappa shape index (κ3) is 2.40. The van der Waals surface area contributed by atoms with Gasteiger partial charge in [-0.05, 0) is 34.2 Å². The van der Waals surface area contributed by atoms with E-state index in [0.717, 1.165) is 0 Å². The highest BCUT2D eigenvalue weighted by Gasteiger charge is 2.04. The Morgan fingerprint density at radius 2 is 2.42 bits per heavy atom. The van der Waals surface area contributed by atoms with E-state index in [9.17, 15) is 9.18 Å². The van der Waals surface area contributed by atoms with Crippen molar-refractivity contribution >= 4 is 28.6 Å². The number of rotatable bonds is 2. The number of carbonyl (C=O) groups is 1. The minimum atomic E-state index is -0.989. The summed E-state index contributed by atoms with van der Waals surface area (Å²) >= 11 is 1.74. The van der Waals surface area contributed by atoms with E-state index in [4.69, 9.17) is 5.11 Å². The predicted octanol–water partition coefficient (Wildman–Crippen LogP) is 1.45. The molecule has 5 heteroatoms. The van der Waals surface area contributed by atoms with Gasteiger partial charge in [0.05, 0.1) is 6.42 Å². The van der Waals surface area contributed by atoms with E-state index in [0.29, 0.717) is 5.56 Å². The van der Waals surface area contributed by atoms with E-state index >= 15 is 0 Å². The first-order valence-corrected chi connectivity index (χ1v) is 4.19. The SMILES string of the molecule is O=C(O)Cc1cnc(I)c(F)c1. The normalized spacial score (nSPS) is 9.83. The summed E-state index contributed by atoms with van der Waals surface area (Å²) in [5.41, 5.74) is 0.375. The molecular weight excluding hydrogens is 276 g/mol. The minimum absolute atomic E-state index is 0.194. The summed E-state index contributed by atoms with van der Waals surface area (Å²) < 4.78 is 13.0. The summed E-state index contributed by atoms with van der Waals surface area (Å²) in [5, 5.41) is 8.38. The molecule has 12 heavy (non-hydrogen) atoms. The van der Waals surface area contributed by atoms with Gasteiger partial charge < -0.3 is 5.11 Å². The molecule has 64 valence electrons. The van der Waals surface area contributed by atoms with E-state index in [-0.39, 0.29) is 10.1 Å². The van der Waals surface area contributed by atoms with Gasteiger partial charge in [-0.3, -0.25) is 4.79 Å². The molecule has 0 aliphatic rings. The monoisotopic (exact) mass is 281 g/mol. The number of nitrogens with zero attached hydrogens (tertiary/aromatic N) is 1. The van der Waals surface area contributed by atoms with E-state index in [1.165, 1.54) is 12.3 Å². The fourth-order valence-electron chi connectivity index (χ4n) is 0.732. The fraction of sp³-hybridized carbons (Fsp3) is 0.143. The molecule has 1 heterocycles. The topological polar surface area (TPSA) is 50.2 Å². The van der Waals surface area contributed by atoms with Crippen LogP contribution in [0.25, 0.3) is 0 Å². The van der Waals surface area contributed by atoms with Crippen molar-refractivity contribution < 1.29 is 14.3 Å². The lowest BCUT2D eigenvalue weighted by atomic mass is 10.2. The largest absolute Gasteiger partial charge is 0.481 e. The first-order chi connectivity index (χ1) is 5.59. The average Bonchev–Trinajstić information content (AvgIpc) is 1.96. The number of hydrogen-bond donors (Lipinski definition) is 1. The Morgan fingerprint density at radius 3 is 2.92 bits per heavy atom. The molecule has 0 bridgehead atoms. The molecule has 0 fully saturated rings. The van der Waals surface area contributed by atoms with Crippen molar-refractivity contribution in [2.75, 3.05) is 0 Å². The predicted molar refractivity (Wildman–Crippen MR) is 48.3 cm³/mol. The van der Waals surface area contributed by atoms with Crippen LogP contribution < -0.4 is 0 Å². The Morgan fingerprint density at radius 1 is 1.75 bits per heavy atom. The van der Waals surface area contributed by atoms with Gasteiger partial charge in [0.1, 0.15) is 3.70 Å². The number of carboxylic acids is 1. The number of carboxylic acid groups (broad SMARTS) is 1. The Kier molecular flexibility index (Phi) is 2.96. The Bertz CT molecular complexity index is 316. The van der Waals surface area contributed by atoms with Crippen LogP contribution >= 0.6 is 22.6 Å². The Balaban J connectivity index is 2.89. The molecule has 0 amide bonds. The van der Waals surface area contributed by atoms with Gasteiger partial charge in [0, 0.05) is 6.20 Å². The van der Waals surface area contributed by atoms with E-state index < -0.39 is 11.8 Å². The van der Waals surface area contributed by atoms with Crippen molar-refractivity contribution in [3.8, 4) is 0 Å². The van der Waals surface area contributed by atoms with Crippen LogP contribution in [0.3, 0.4) is 0 Å². The molecule has 0 aromatic carbocycles. The molecule has 1 aromatic rings. The molecule has 0 aliphatic carbocycles. The molecule has 0 saturated heterocycles. The molecule has 1 rings (SSSR count). The summed E-state index contributed by atoms with van der Waals surface area (Å²) in [6, 6.07) is 1.18. The Labute approximate surface area is 81.8 Å². The lowest BCUT2D eigenvalue weighted by Crippen LogP contribution is -2.01. The number of pyridine rings is 1. The van der Waals surface area contributed by atoms with Crippen molar-refractivity contribution in [1.82, 2.24) is 4.98 Å². The average molecular weight is 281 g/mol. The molecule has 0 atom stereocenters. The molecule has 0 unspecified atom stereocenters. The lowest BCUT2D eigenvalue weighted by Gasteiger charge is -1.97. The second-order valence-corrected chi connectivity index (χ2v) is 3.21. The van der Waals surface area contributed by atoms with Gasteiger partial charge in [0.2, 0.25) is 0 Å². The first-order valence-electron chi connectivity index (χ1n) is 3.11. The number of halogens is 2. The molecule has 0 saturated carbocycles. The number of aliphatic carboxylic acids is 1. The molecular formula is C7H5FINO2. The number of aromatic nitrogens is 1. The zero-order valence-corrected chi connectivity index (χ0v) is 8.08. The maximum atomic E-state index is 12.8. The van der Waals surface area contributed by atoms with Crippen molar-refractivity contribution in [1.29, 1.82) is 0 Å². The fourth-order valence-corrected chi connectivity index (χ4v) is 1.03. The molecule has 0 radical (unpaired) electrons. The van der Waals surface area contributed by atoms with Gasteiger partial charge >= 0.3 is 5.97 Å². The minimum Gasteiger partial charge on any atom is -0.481 e. The van der Waals surface area contributed by atoms with Crippen molar-refractivity contribution in [2.45, 2.75) is 6.42 Å². The zero-order valence-electron chi connectivity index (χ0n) is 5.92. The van der Waals surface area contributed by atoms with E-state index in [2.05, 4.69) is 4.98 Å². The van der Waals surface area contributed by atoms with Crippen LogP contribution in [0.2, 0.25) is 0 Å². The van der Waals surface area contributed by atoms with Crippen LogP contribution in [-0.2, 0) is 11.2 Å². The van der Waals surface area contributed by atoms with Crippen LogP contribution in [0.4, 0.5) is 4.39 Å². The highest BCUT2D eigenvalue weighted by Crippen LogP contribution is 2.09. The Hall–Kier alpha value is -0.720. The third-order valence-corrected chi connectivity index (χ3v) is 2.00. The standard InChI is InChI=1S/C7H5FINO2/c8-5-1-4(2-6(11)12)3-10-7(5)9/h1,3H,2H2,(H,11,12). The van der Waals surface area contributed by atoms with Crippen LogP contribution in [-0.4, -0.2) is 16.1 Å². The van der Waals surface area contributed by atoms with Gasteiger partial charge in [-0.2, -0.15) is 0 Å².